The molecular weight excluding hydrogens is 476 g/mol. The Balaban J connectivity index is 1.58. The molecule has 0 aliphatic carbocycles. The van der Waals surface area contributed by atoms with Gasteiger partial charge in [-0.2, -0.15) is 5.10 Å². The summed E-state index contributed by atoms with van der Waals surface area (Å²) in [5.41, 5.74) is 8.62. The quantitative estimate of drug-likeness (QED) is 0.151. The predicted octanol–water partition coefficient (Wildman–Crippen LogP) is 2.76. The molecule has 0 spiro atoms. The molecule has 0 aromatic heterocycles. The Morgan fingerprint density at radius 1 is 0.886 bits per heavy atom. The van der Waals surface area contributed by atoms with Gasteiger partial charge in [0.05, 0.1) is 18.9 Å². The van der Waals surface area contributed by atoms with Gasteiger partial charge in [0.25, 0.3) is 0 Å². The first-order valence-corrected chi connectivity index (χ1v) is 10.3. The molecule has 0 saturated heterocycles. The standard InChI is InChI=1S/C24H19ClN4O6/c1-34-20-12-14(2-11-19(20)35-24(33)16-3-7-17(25)8-4-16)13-27-29-23(32)22(31)28-18-9-5-15(6-10-18)21(26)30/h2-13H,1H3,(H2,26,30)(H,28,31)(H,29,32). The number of primary amides is 1. The molecule has 0 radical (unpaired) electrons. The van der Waals surface area contributed by atoms with E-state index < -0.39 is 23.7 Å². The summed E-state index contributed by atoms with van der Waals surface area (Å²) in [6, 6.07) is 16.5. The molecule has 11 heteroatoms. The molecule has 0 aliphatic heterocycles. The van der Waals surface area contributed by atoms with E-state index in [1.807, 2.05) is 0 Å². The van der Waals surface area contributed by atoms with Crippen LogP contribution in [-0.4, -0.2) is 37.0 Å². The van der Waals surface area contributed by atoms with Gasteiger partial charge in [-0.1, -0.05) is 11.6 Å². The Hall–Kier alpha value is -4.70. The topological polar surface area (TPSA) is 149 Å². The highest BCUT2D eigenvalue weighted by atomic mass is 35.5. The summed E-state index contributed by atoms with van der Waals surface area (Å²) < 4.78 is 10.6. The maximum absolute atomic E-state index is 12.3. The number of esters is 1. The van der Waals surface area contributed by atoms with Gasteiger partial charge in [-0.05, 0) is 72.3 Å². The lowest BCUT2D eigenvalue weighted by molar-refractivity contribution is -0.136. The van der Waals surface area contributed by atoms with Crippen LogP contribution in [0.25, 0.3) is 0 Å². The molecule has 3 rings (SSSR count). The van der Waals surface area contributed by atoms with Crippen molar-refractivity contribution in [2.24, 2.45) is 10.8 Å². The molecule has 3 amide bonds. The molecule has 3 aromatic carbocycles. The van der Waals surface area contributed by atoms with Crippen LogP contribution < -0.4 is 25.9 Å². The predicted molar refractivity (Wildman–Crippen MR) is 129 cm³/mol. The van der Waals surface area contributed by atoms with E-state index in [4.69, 9.17) is 26.8 Å². The zero-order chi connectivity index (χ0) is 25.4. The summed E-state index contributed by atoms with van der Waals surface area (Å²) in [5, 5.41) is 6.60. The number of hydrazone groups is 1. The Morgan fingerprint density at radius 2 is 1.54 bits per heavy atom. The largest absolute Gasteiger partial charge is 0.493 e. The average Bonchev–Trinajstić information content (AvgIpc) is 2.85. The number of nitrogens with one attached hydrogen (secondary N) is 2. The van der Waals surface area contributed by atoms with E-state index in [0.29, 0.717) is 21.8 Å². The van der Waals surface area contributed by atoms with Crippen LogP contribution in [0.3, 0.4) is 0 Å². The molecule has 0 fully saturated rings. The fraction of sp³-hybridized carbons (Fsp3) is 0.0417. The summed E-state index contributed by atoms with van der Waals surface area (Å²) in [6.45, 7) is 0. The van der Waals surface area contributed by atoms with E-state index in [1.165, 1.54) is 61.9 Å². The fourth-order valence-corrected chi connectivity index (χ4v) is 2.84. The second-order valence-corrected chi connectivity index (χ2v) is 7.34. The minimum Gasteiger partial charge on any atom is -0.493 e. The van der Waals surface area contributed by atoms with Gasteiger partial charge in [-0.25, -0.2) is 10.2 Å². The van der Waals surface area contributed by atoms with Crippen LogP contribution in [-0.2, 0) is 9.59 Å². The van der Waals surface area contributed by atoms with Crippen molar-refractivity contribution >= 4 is 47.2 Å². The number of carbonyl (C=O) groups is 4. The van der Waals surface area contributed by atoms with Gasteiger partial charge in [0.2, 0.25) is 5.91 Å². The molecule has 0 bridgehead atoms. The lowest BCUT2D eigenvalue weighted by Gasteiger charge is -2.10. The monoisotopic (exact) mass is 494 g/mol. The Morgan fingerprint density at radius 3 is 2.17 bits per heavy atom. The van der Waals surface area contributed by atoms with Crippen molar-refractivity contribution in [3.63, 3.8) is 0 Å². The van der Waals surface area contributed by atoms with Crippen molar-refractivity contribution in [2.75, 3.05) is 12.4 Å². The van der Waals surface area contributed by atoms with Gasteiger partial charge in [-0.3, -0.25) is 14.4 Å². The van der Waals surface area contributed by atoms with Gasteiger partial charge >= 0.3 is 17.8 Å². The fourth-order valence-electron chi connectivity index (χ4n) is 2.72. The van der Waals surface area contributed by atoms with Crippen molar-refractivity contribution in [1.82, 2.24) is 5.43 Å². The smallest absolute Gasteiger partial charge is 0.343 e. The number of methoxy groups -OCH3 is 1. The molecule has 4 N–H and O–H groups in total. The molecular formula is C24H19ClN4O6. The van der Waals surface area contributed by atoms with E-state index in [2.05, 4.69) is 15.8 Å². The number of hydrogen-bond donors (Lipinski definition) is 3. The number of hydrogen-bond acceptors (Lipinski definition) is 7. The minimum absolute atomic E-state index is 0.176. The Kier molecular flexibility index (Phi) is 8.15. The van der Waals surface area contributed by atoms with Gasteiger partial charge in [0, 0.05) is 16.3 Å². The lowest BCUT2D eigenvalue weighted by Crippen LogP contribution is -2.32. The van der Waals surface area contributed by atoms with Crippen molar-refractivity contribution < 1.29 is 28.7 Å². The van der Waals surface area contributed by atoms with E-state index in [1.54, 1.807) is 18.2 Å². The van der Waals surface area contributed by atoms with Crippen molar-refractivity contribution in [3.8, 4) is 11.5 Å². The third-order valence-corrected chi connectivity index (χ3v) is 4.74. The number of benzene rings is 3. The highest BCUT2D eigenvalue weighted by Gasteiger charge is 2.14. The van der Waals surface area contributed by atoms with Crippen molar-refractivity contribution in [1.29, 1.82) is 0 Å². The number of nitrogens with two attached hydrogens (primary N) is 1. The Labute approximate surface area is 204 Å². The first-order valence-electron chi connectivity index (χ1n) is 9.97. The first-order chi connectivity index (χ1) is 16.8. The van der Waals surface area contributed by atoms with Crippen molar-refractivity contribution in [2.45, 2.75) is 0 Å². The van der Waals surface area contributed by atoms with Gasteiger partial charge < -0.3 is 20.5 Å². The van der Waals surface area contributed by atoms with Gasteiger partial charge in [0.1, 0.15) is 0 Å². The molecule has 0 unspecified atom stereocenters. The highest BCUT2D eigenvalue weighted by Crippen LogP contribution is 2.28. The third-order valence-electron chi connectivity index (χ3n) is 4.48. The number of halogens is 1. The molecule has 178 valence electrons. The minimum atomic E-state index is -1.01. The van der Waals surface area contributed by atoms with Crippen LogP contribution >= 0.6 is 11.6 Å². The summed E-state index contributed by atoms with van der Waals surface area (Å²) in [6.07, 6.45) is 1.28. The van der Waals surface area contributed by atoms with Crippen LogP contribution in [0.2, 0.25) is 5.02 Å². The number of anilines is 1. The maximum Gasteiger partial charge on any atom is 0.343 e. The Bertz CT molecular complexity index is 1290. The van der Waals surface area contributed by atoms with E-state index in [-0.39, 0.29) is 17.1 Å². The van der Waals surface area contributed by atoms with Crippen LogP contribution in [0.4, 0.5) is 5.69 Å². The highest BCUT2D eigenvalue weighted by molar-refractivity contribution is 6.39. The summed E-state index contributed by atoms with van der Waals surface area (Å²) >= 11 is 5.82. The molecule has 0 atom stereocenters. The number of rotatable bonds is 7. The molecule has 10 nitrogen and oxygen atoms in total. The van der Waals surface area contributed by atoms with E-state index in [0.717, 1.165) is 0 Å². The SMILES string of the molecule is COc1cc(C=NNC(=O)C(=O)Nc2ccc(C(N)=O)cc2)ccc1OC(=O)c1ccc(Cl)cc1. The molecule has 0 saturated carbocycles. The van der Waals surface area contributed by atoms with Gasteiger partial charge in [0.15, 0.2) is 11.5 Å². The van der Waals surface area contributed by atoms with Crippen LogP contribution in [0, 0.1) is 0 Å². The molecule has 0 aliphatic rings. The molecule has 3 aromatic rings. The first kappa shape index (κ1) is 24.9. The van der Waals surface area contributed by atoms with Crippen LogP contribution in [0.1, 0.15) is 26.3 Å². The molecule has 35 heavy (non-hydrogen) atoms. The van der Waals surface area contributed by atoms with Crippen molar-refractivity contribution in [3.05, 3.63) is 88.4 Å². The average molecular weight is 495 g/mol. The summed E-state index contributed by atoms with van der Waals surface area (Å²) in [4.78, 5) is 47.3. The number of nitrogens with zero attached hydrogens (tertiary/aromatic N) is 1. The second-order valence-electron chi connectivity index (χ2n) is 6.90. The normalized spacial score (nSPS) is 10.5. The molecule has 0 heterocycles. The number of amides is 3. The van der Waals surface area contributed by atoms with Crippen LogP contribution in [0.5, 0.6) is 11.5 Å². The van der Waals surface area contributed by atoms with E-state index >= 15 is 0 Å². The maximum atomic E-state index is 12.3. The lowest BCUT2D eigenvalue weighted by atomic mass is 10.2. The third kappa shape index (κ3) is 6.89. The van der Waals surface area contributed by atoms with Crippen LogP contribution in [0.15, 0.2) is 71.8 Å². The second kappa shape index (κ2) is 11.4. The number of carbonyl (C=O) groups excluding carboxylic acids is 4. The zero-order valence-electron chi connectivity index (χ0n) is 18.3. The van der Waals surface area contributed by atoms with E-state index in [9.17, 15) is 19.2 Å². The summed E-state index contributed by atoms with van der Waals surface area (Å²) in [5.74, 6) is -2.75. The zero-order valence-corrected chi connectivity index (χ0v) is 19.0. The van der Waals surface area contributed by atoms with Gasteiger partial charge in [-0.15, -0.1) is 0 Å². The summed E-state index contributed by atoms with van der Waals surface area (Å²) in [7, 11) is 1.40. The number of ether oxygens (including phenoxy) is 2.